The smallest absolute Gasteiger partial charge is 0.308 e. The molecule has 0 fully saturated rings. The van der Waals surface area contributed by atoms with E-state index in [2.05, 4.69) is 4.42 Å². The number of furan rings is 1. The van der Waals surface area contributed by atoms with Gasteiger partial charge in [-0.15, -0.1) is 0 Å². The first-order valence-corrected chi connectivity index (χ1v) is 3.65. The number of carboxylic acid groups (broad SMARTS) is 1. The molecule has 0 saturated carbocycles. The van der Waals surface area contributed by atoms with E-state index in [0.717, 1.165) is 0 Å². The third-order valence-corrected chi connectivity index (χ3v) is 1.07. The fraction of sp³-hybridized carbons (Fsp3) is 0.444. The molecule has 0 amide bonds. The lowest BCUT2D eigenvalue weighted by Gasteiger charge is -2.08. The van der Waals surface area contributed by atoms with Gasteiger partial charge >= 0.3 is 5.97 Å². The summed E-state index contributed by atoms with van der Waals surface area (Å²) in [5.74, 6) is -0.757. The van der Waals surface area contributed by atoms with Crippen LogP contribution in [-0.2, 0) is 4.79 Å². The third kappa shape index (κ3) is 5.53. The van der Waals surface area contributed by atoms with Crippen molar-refractivity contribution >= 4 is 5.97 Å². The molecule has 0 radical (unpaired) electrons. The van der Waals surface area contributed by atoms with Crippen molar-refractivity contribution in [3.63, 3.8) is 0 Å². The lowest BCUT2D eigenvalue weighted by atomic mass is 9.98. The highest BCUT2D eigenvalue weighted by Crippen LogP contribution is 2.11. The Hall–Kier alpha value is -1.25. The molecule has 0 atom stereocenters. The van der Waals surface area contributed by atoms with Gasteiger partial charge in [-0.05, 0) is 32.9 Å². The maximum Gasteiger partial charge on any atom is 0.308 e. The second-order valence-electron chi connectivity index (χ2n) is 3.35. The second kappa shape index (κ2) is 4.59. The molecular weight excluding hydrogens is 156 g/mol. The number of hydrogen-bond acceptors (Lipinski definition) is 2. The predicted octanol–water partition coefficient (Wildman–Crippen LogP) is 2.40. The van der Waals surface area contributed by atoms with Crippen molar-refractivity contribution in [2.75, 3.05) is 0 Å². The molecule has 0 aromatic carbocycles. The predicted molar refractivity (Wildman–Crippen MR) is 45.8 cm³/mol. The quantitative estimate of drug-likeness (QED) is 0.650. The molecule has 0 bridgehead atoms. The van der Waals surface area contributed by atoms with Gasteiger partial charge in [-0.1, -0.05) is 0 Å². The van der Waals surface area contributed by atoms with E-state index >= 15 is 0 Å². The van der Waals surface area contributed by atoms with Gasteiger partial charge in [-0.3, -0.25) is 4.79 Å². The van der Waals surface area contributed by atoms with Crippen LogP contribution in [0.15, 0.2) is 29.1 Å². The Morgan fingerprint density at radius 2 is 1.58 bits per heavy atom. The van der Waals surface area contributed by atoms with Gasteiger partial charge in [0.1, 0.15) is 0 Å². The second-order valence-corrected chi connectivity index (χ2v) is 3.35. The van der Waals surface area contributed by atoms with Gasteiger partial charge in [-0.2, -0.15) is 0 Å². The monoisotopic (exact) mass is 170 g/mol. The van der Waals surface area contributed by atoms with Crippen molar-refractivity contribution in [3.8, 4) is 0 Å². The van der Waals surface area contributed by atoms with Crippen LogP contribution in [0.25, 0.3) is 0 Å². The fourth-order valence-electron chi connectivity index (χ4n) is 0.227. The van der Waals surface area contributed by atoms with Crippen molar-refractivity contribution in [2.45, 2.75) is 20.8 Å². The van der Waals surface area contributed by atoms with Crippen molar-refractivity contribution in [3.05, 3.63) is 24.7 Å². The molecule has 3 nitrogen and oxygen atoms in total. The summed E-state index contributed by atoms with van der Waals surface area (Å²) in [6.07, 6.45) is 3.25. The van der Waals surface area contributed by atoms with Crippen molar-refractivity contribution in [1.82, 2.24) is 0 Å². The Kier molecular flexibility index (Phi) is 4.11. The molecule has 0 aliphatic rings. The molecular formula is C9H14O3. The van der Waals surface area contributed by atoms with Crippen LogP contribution < -0.4 is 0 Å². The summed E-state index contributed by atoms with van der Waals surface area (Å²) >= 11 is 0. The largest absolute Gasteiger partial charge is 0.481 e. The highest BCUT2D eigenvalue weighted by Gasteiger charge is 2.18. The number of rotatable bonds is 0. The van der Waals surface area contributed by atoms with E-state index < -0.39 is 11.4 Å². The summed E-state index contributed by atoms with van der Waals surface area (Å²) in [5.41, 5.74) is -0.583. The van der Waals surface area contributed by atoms with Gasteiger partial charge < -0.3 is 9.52 Å². The highest BCUT2D eigenvalue weighted by atomic mass is 16.4. The summed E-state index contributed by atoms with van der Waals surface area (Å²) < 4.78 is 4.58. The lowest BCUT2D eigenvalue weighted by Crippen LogP contribution is -2.18. The van der Waals surface area contributed by atoms with Gasteiger partial charge in [0.05, 0.1) is 17.9 Å². The number of hydrogen-bond donors (Lipinski definition) is 1. The molecule has 0 aliphatic heterocycles. The summed E-state index contributed by atoms with van der Waals surface area (Å²) in [6, 6.07) is 3.67. The highest BCUT2D eigenvalue weighted by molar-refractivity contribution is 5.72. The molecule has 1 N–H and O–H groups in total. The maximum atomic E-state index is 10.0. The van der Waals surface area contributed by atoms with Crippen LogP contribution in [0.5, 0.6) is 0 Å². The van der Waals surface area contributed by atoms with Gasteiger partial charge in [0.15, 0.2) is 0 Å². The number of carboxylic acids is 1. The van der Waals surface area contributed by atoms with Gasteiger partial charge in [-0.25, -0.2) is 0 Å². The number of carbonyl (C=O) groups is 1. The third-order valence-electron chi connectivity index (χ3n) is 1.07. The van der Waals surface area contributed by atoms with E-state index in [1.54, 1.807) is 33.3 Å². The van der Waals surface area contributed by atoms with E-state index in [1.807, 2.05) is 12.1 Å². The van der Waals surface area contributed by atoms with Crippen LogP contribution in [0, 0.1) is 5.41 Å². The minimum Gasteiger partial charge on any atom is -0.481 e. The van der Waals surface area contributed by atoms with Crippen LogP contribution in [0.3, 0.4) is 0 Å². The molecule has 3 heteroatoms. The Bertz CT molecular complexity index is 189. The summed E-state index contributed by atoms with van der Waals surface area (Å²) in [5, 5.41) is 8.25. The molecule has 68 valence electrons. The summed E-state index contributed by atoms with van der Waals surface area (Å²) in [4.78, 5) is 10.0. The molecule has 0 aliphatic carbocycles. The van der Waals surface area contributed by atoms with Gasteiger partial charge in [0.25, 0.3) is 0 Å². The molecule has 1 aromatic heterocycles. The number of aliphatic carboxylic acids is 1. The Morgan fingerprint density at radius 3 is 1.67 bits per heavy atom. The van der Waals surface area contributed by atoms with Crippen LogP contribution in [0.1, 0.15) is 20.8 Å². The first kappa shape index (κ1) is 10.8. The molecule has 0 spiro atoms. The molecule has 1 aromatic rings. The lowest BCUT2D eigenvalue weighted by molar-refractivity contribution is -0.145. The van der Waals surface area contributed by atoms with Crippen LogP contribution in [0.4, 0.5) is 0 Å². The van der Waals surface area contributed by atoms with Crippen molar-refractivity contribution in [2.24, 2.45) is 5.41 Å². The fourth-order valence-corrected chi connectivity index (χ4v) is 0.227. The van der Waals surface area contributed by atoms with Gasteiger partial charge in [0, 0.05) is 0 Å². The normalized spacial score (nSPS) is 9.92. The Morgan fingerprint density at radius 1 is 1.25 bits per heavy atom. The molecule has 0 unspecified atom stereocenters. The van der Waals surface area contributed by atoms with Crippen molar-refractivity contribution in [1.29, 1.82) is 0 Å². The summed E-state index contributed by atoms with van der Waals surface area (Å²) in [7, 11) is 0. The van der Waals surface area contributed by atoms with E-state index in [1.165, 1.54) is 0 Å². The first-order chi connectivity index (χ1) is 5.44. The zero-order valence-electron chi connectivity index (χ0n) is 7.57. The zero-order chi connectivity index (χ0) is 9.61. The SMILES string of the molecule is CC(C)(C)C(=O)O.c1ccoc1. The molecule has 12 heavy (non-hydrogen) atoms. The Labute approximate surface area is 72.0 Å². The minimum atomic E-state index is -0.757. The van der Waals surface area contributed by atoms with Crippen LogP contribution in [-0.4, -0.2) is 11.1 Å². The standard InChI is InChI=1S/C5H10O2.C4H4O/c1-5(2,3)4(6)7;1-2-4-5-3-1/h1-3H3,(H,6,7);1-4H. The average molecular weight is 170 g/mol. The Balaban J connectivity index is 0.000000211. The van der Waals surface area contributed by atoms with Crippen LogP contribution >= 0.6 is 0 Å². The van der Waals surface area contributed by atoms with E-state index in [0.29, 0.717) is 0 Å². The summed E-state index contributed by atoms with van der Waals surface area (Å²) in [6.45, 7) is 4.99. The van der Waals surface area contributed by atoms with E-state index in [9.17, 15) is 4.79 Å². The zero-order valence-corrected chi connectivity index (χ0v) is 7.57. The van der Waals surface area contributed by atoms with Gasteiger partial charge in [0.2, 0.25) is 0 Å². The van der Waals surface area contributed by atoms with E-state index in [4.69, 9.17) is 5.11 Å². The average Bonchev–Trinajstić information content (AvgIpc) is 2.39. The van der Waals surface area contributed by atoms with Crippen LogP contribution in [0.2, 0.25) is 0 Å². The van der Waals surface area contributed by atoms with E-state index in [-0.39, 0.29) is 0 Å². The maximum absolute atomic E-state index is 10.0. The van der Waals surface area contributed by atoms with Crippen molar-refractivity contribution < 1.29 is 14.3 Å². The molecule has 1 heterocycles. The molecule has 0 saturated heterocycles. The topological polar surface area (TPSA) is 50.4 Å². The first-order valence-electron chi connectivity index (χ1n) is 3.65. The molecule has 1 rings (SSSR count). The minimum absolute atomic E-state index is 0.583.